The van der Waals surface area contributed by atoms with Crippen LogP contribution in [0, 0.1) is 6.92 Å². The summed E-state index contributed by atoms with van der Waals surface area (Å²) in [7, 11) is 0. The van der Waals surface area contributed by atoms with E-state index >= 15 is 0 Å². The first kappa shape index (κ1) is 14.8. The number of hydrogen-bond donors (Lipinski definition) is 2. The highest BCUT2D eigenvalue weighted by atomic mass is 35.5. The molecule has 0 radical (unpaired) electrons. The van der Waals surface area contributed by atoms with Gasteiger partial charge in [0.05, 0.1) is 17.6 Å². The SMILES string of the molecule is Cc1ncc(CNC(=O)NC(C)c2cccc(Cl)c2)s1. The third-order valence-electron chi connectivity index (χ3n) is 2.79. The summed E-state index contributed by atoms with van der Waals surface area (Å²) < 4.78 is 0. The molecule has 0 bridgehead atoms. The lowest BCUT2D eigenvalue weighted by Crippen LogP contribution is -2.36. The number of amides is 2. The smallest absolute Gasteiger partial charge is 0.315 e. The molecule has 2 rings (SSSR count). The summed E-state index contributed by atoms with van der Waals surface area (Å²) in [6.45, 7) is 4.34. The Bertz CT molecular complexity index is 600. The van der Waals surface area contributed by atoms with Crippen molar-refractivity contribution in [2.45, 2.75) is 26.4 Å². The van der Waals surface area contributed by atoms with Crippen LogP contribution in [0.4, 0.5) is 4.79 Å². The number of urea groups is 1. The molecule has 0 aliphatic carbocycles. The normalized spacial score (nSPS) is 11.9. The highest BCUT2D eigenvalue weighted by Gasteiger charge is 2.09. The number of aryl methyl sites for hydroxylation is 1. The fourth-order valence-electron chi connectivity index (χ4n) is 1.76. The number of halogens is 1. The van der Waals surface area contributed by atoms with Crippen LogP contribution in [-0.4, -0.2) is 11.0 Å². The minimum Gasteiger partial charge on any atom is -0.333 e. The van der Waals surface area contributed by atoms with Crippen molar-refractivity contribution in [2.24, 2.45) is 0 Å². The molecule has 0 saturated carbocycles. The zero-order chi connectivity index (χ0) is 14.5. The van der Waals surface area contributed by atoms with Crippen molar-refractivity contribution in [2.75, 3.05) is 0 Å². The Morgan fingerprint density at radius 3 is 2.95 bits per heavy atom. The molecule has 1 atom stereocenters. The Morgan fingerprint density at radius 1 is 1.50 bits per heavy atom. The van der Waals surface area contributed by atoms with Gasteiger partial charge in [-0.15, -0.1) is 11.3 Å². The molecule has 0 spiro atoms. The van der Waals surface area contributed by atoms with Gasteiger partial charge < -0.3 is 10.6 Å². The number of rotatable bonds is 4. The Labute approximate surface area is 127 Å². The third kappa shape index (κ3) is 4.21. The van der Waals surface area contributed by atoms with Crippen LogP contribution in [0.15, 0.2) is 30.5 Å². The van der Waals surface area contributed by atoms with Gasteiger partial charge in [0.15, 0.2) is 0 Å². The standard InChI is InChI=1S/C14H16ClN3OS/c1-9(11-4-3-5-12(15)6-11)18-14(19)17-8-13-7-16-10(2)20-13/h3-7,9H,8H2,1-2H3,(H2,17,18,19). The van der Waals surface area contributed by atoms with Gasteiger partial charge in [-0.2, -0.15) is 0 Å². The van der Waals surface area contributed by atoms with Crippen molar-refractivity contribution in [3.05, 3.63) is 50.9 Å². The number of thiazole rings is 1. The van der Waals surface area contributed by atoms with E-state index in [0.717, 1.165) is 15.4 Å². The highest BCUT2D eigenvalue weighted by molar-refractivity contribution is 7.11. The molecular weight excluding hydrogens is 294 g/mol. The number of aromatic nitrogens is 1. The number of carbonyl (C=O) groups excluding carboxylic acids is 1. The quantitative estimate of drug-likeness (QED) is 0.905. The summed E-state index contributed by atoms with van der Waals surface area (Å²) in [6, 6.07) is 7.15. The van der Waals surface area contributed by atoms with Crippen molar-refractivity contribution in [3.8, 4) is 0 Å². The van der Waals surface area contributed by atoms with Gasteiger partial charge in [-0.1, -0.05) is 23.7 Å². The van der Waals surface area contributed by atoms with Crippen LogP contribution in [0.2, 0.25) is 5.02 Å². The number of carbonyl (C=O) groups is 1. The maximum Gasteiger partial charge on any atom is 0.315 e. The van der Waals surface area contributed by atoms with E-state index in [1.807, 2.05) is 38.1 Å². The van der Waals surface area contributed by atoms with E-state index in [2.05, 4.69) is 15.6 Å². The van der Waals surface area contributed by atoms with Crippen LogP contribution < -0.4 is 10.6 Å². The fourth-order valence-corrected chi connectivity index (χ4v) is 2.69. The molecule has 1 unspecified atom stereocenters. The van der Waals surface area contributed by atoms with Gasteiger partial charge in [0, 0.05) is 16.1 Å². The average Bonchev–Trinajstić information content (AvgIpc) is 2.82. The molecule has 2 N–H and O–H groups in total. The van der Waals surface area contributed by atoms with Crippen LogP contribution in [0.3, 0.4) is 0 Å². The molecule has 6 heteroatoms. The van der Waals surface area contributed by atoms with E-state index in [-0.39, 0.29) is 12.1 Å². The number of benzene rings is 1. The Morgan fingerprint density at radius 2 is 2.30 bits per heavy atom. The van der Waals surface area contributed by atoms with Crippen LogP contribution >= 0.6 is 22.9 Å². The predicted octanol–water partition coefficient (Wildman–Crippen LogP) is 3.67. The minimum atomic E-state index is -0.205. The minimum absolute atomic E-state index is 0.100. The number of nitrogens with one attached hydrogen (secondary N) is 2. The molecule has 0 fully saturated rings. The van der Waals surface area contributed by atoms with Gasteiger partial charge in [0.1, 0.15) is 0 Å². The van der Waals surface area contributed by atoms with Crippen molar-refractivity contribution >= 4 is 29.0 Å². The van der Waals surface area contributed by atoms with E-state index in [1.165, 1.54) is 0 Å². The van der Waals surface area contributed by atoms with Gasteiger partial charge in [-0.25, -0.2) is 9.78 Å². The second-order valence-electron chi connectivity index (χ2n) is 4.45. The summed E-state index contributed by atoms with van der Waals surface area (Å²) in [4.78, 5) is 17.0. The van der Waals surface area contributed by atoms with E-state index in [0.29, 0.717) is 11.6 Å². The van der Waals surface area contributed by atoms with Crippen molar-refractivity contribution in [1.82, 2.24) is 15.6 Å². The van der Waals surface area contributed by atoms with E-state index < -0.39 is 0 Å². The molecular formula is C14H16ClN3OS. The van der Waals surface area contributed by atoms with Crippen molar-refractivity contribution in [1.29, 1.82) is 0 Å². The molecule has 0 aliphatic rings. The van der Waals surface area contributed by atoms with E-state index in [9.17, 15) is 4.79 Å². The molecule has 1 aromatic carbocycles. The first-order valence-electron chi connectivity index (χ1n) is 6.26. The number of hydrogen-bond acceptors (Lipinski definition) is 3. The second kappa shape index (κ2) is 6.72. The Kier molecular flexibility index (Phi) is 4.98. The van der Waals surface area contributed by atoms with E-state index in [1.54, 1.807) is 17.5 Å². The van der Waals surface area contributed by atoms with Gasteiger partial charge >= 0.3 is 6.03 Å². The third-order valence-corrected chi connectivity index (χ3v) is 3.94. The van der Waals surface area contributed by atoms with Crippen LogP contribution in [0.1, 0.15) is 28.4 Å². The summed E-state index contributed by atoms with van der Waals surface area (Å²) in [5, 5.41) is 7.35. The van der Waals surface area contributed by atoms with Crippen LogP contribution in [0.25, 0.3) is 0 Å². The summed E-state index contributed by atoms with van der Waals surface area (Å²) in [5.41, 5.74) is 0.973. The lowest BCUT2D eigenvalue weighted by Gasteiger charge is -2.15. The Hall–Kier alpha value is -1.59. The second-order valence-corrected chi connectivity index (χ2v) is 6.21. The molecule has 0 saturated heterocycles. The summed E-state index contributed by atoms with van der Waals surface area (Å²) in [6.07, 6.45) is 1.78. The summed E-state index contributed by atoms with van der Waals surface area (Å²) >= 11 is 7.51. The molecule has 0 aliphatic heterocycles. The first-order chi connectivity index (χ1) is 9.54. The molecule has 106 valence electrons. The monoisotopic (exact) mass is 309 g/mol. The predicted molar refractivity (Wildman–Crippen MR) is 82.1 cm³/mol. The van der Waals surface area contributed by atoms with Crippen molar-refractivity contribution in [3.63, 3.8) is 0 Å². The largest absolute Gasteiger partial charge is 0.333 e. The zero-order valence-corrected chi connectivity index (χ0v) is 12.9. The van der Waals surface area contributed by atoms with Crippen LogP contribution in [-0.2, 0) is 6.54 Å². The maximum atomic E-state index is 11.8. The molecule has 4 nitrogen and oxygen atoms in total. The molecule has 1 heterocycles. The maximum absolute atomic E-state index is 11.8. The summed E-state index contributed by atoms with van der Waals surface area (Å²) in [5.74, 6) is 0. The van der Waals surface area contributed by atoms with Gasteiger partial charge in [-0.05, 0) is 31.5 Å². The fraction of sp³-hybridized carbons (Fsp3) is 0.286. The Balaban J connectivity index is 1.85. The molecule has 1 aromatic heterocycles. The van der Waals surface area contributed by atoms with Gasteiger partial charge in [0.25, 0.3) is 0 Å². The lowest BCUT2D eigenvalue weighted by molar-refractivity contribution is 0.237. The lowest BCUT2D eigenvalue weighted by atomic mass is 10.1. The topological polar surface area (TPSA) is 54.0 Å². The average molecular weight is 310 g/mol. The van der Waals surface area contributed by atoms with E-state index in [4.69, 9.17) is 11.6 Å². The molecule has 2 aromatic rings. The first-order valence-corrected chi connectivity index (χ1v) is 7.45. The highest BCUT2D eigenvalue weighted by Crippen LogP contribution is 2.17. The van der Waals surface area contributed by atoms with Crippen molar-refractivity contribution < 1.29 is 4.79 Å². The molecule has 2 amide bonds. The molecule has 20 heavy (non-hydrogen) atoms. The van der Waals surface area contributed by atoms with Gasteiger partial charge in [-0.3, -0.25) is 0 Å². The van der Waals surface area contributed by atoms with Gasteiger partial charge in [0.2, 0.25) is 0 Å². The van der Waals surface area contributed by atoms with Crippen LogP contribution in [0.5, 0.6) is 0 Å². The number of nitrogens with zero attached hydrogens (tertiary/aromatic N) is 1. The zero-order valence-electron chi connectivity index (χ0n) is 11.3.